The van der Waals surface area contributed by atoms with Gasteiger partial charge in [-0.1, -0.05) is 0 Å². The standard InChI is InChI=1S/C16H19N3O4/c1-23-11-2-3-12-13(8-11)18-16(17-12)10-6-7-19(9-10)14(20)4-5-15(21)22/h2-3,8,10H,4-7,9H2,1H3,(H,17,18)(H,21,22)/t10-/m0/s1. The fourth-order valence-electron chi connectivity index (χ4n) is 2.91. The van der Waals surface area contributed by atoms with Crippen molar-refractivity contribution in [3.63, 3.8) is 0 Å². The van der Waals surface area contributed by atoms with Crippen molar-refractivity contribution in [1.82, 2.24) is 14.9 Å². The molecule has 1 atom stereocenters. The SMILES string of the molecule is COc1ccc2nc([C@H]3CCN(C(=O)CCC(=O)O)C3)[nH]c2c1. The maximum absolute atomic E-state index is 12.0. The van der Waals surface area contributed by atoms with E-state index in [9.17, 15) is 9.59 Å². The van der Waals surface area contributed by atoms with Gasteiger partial charge in [-0.3, -0.25) is 9.59 Å². The number of nitrogens with one attached hydrogen (secondary N) is 1. The number of hydrogen-bond acceptors (Lipinski definition) is 4. The number of carbonyl (C=O) groups is 2. The number of nitrogens with zero attached hydrogens (tertiary/aromatic N) is 2. The predicted molar refractivity (Wildman–Crippen MR) is 83.5 cm³/mol. The Labute approximate surface area is 133 Å². The van der Waals surface area contributed by atoms with Crippen LogP contribution in [0.1, 0.15) is 31.0 Å². The molecule has 1 fully saturated rings. The number of amides is 1. The topological polar surface area (TPSA) is 95.5 Å². The van der Waals surface area contributed by atoms with E-state index in [1.807, 2.05) is 18.2 Å². The number of aromatic nitrogens is 2. The minimum atomic E-state index is -0.944. The van der Waals surface area contributed by atoms with E-state index >= 15 is 0 Å². The lowest BCUT2D eigenvalue weighted by atomic mass is 10.1. The molecule has 1 aliphatic rings. The molecule has 7 heteroatoms. The third kappa shape index (κ3) is 3.28. The molecule has 2 N–H and O–H groups in total. The van der Waals surface area contributed by atoms with Crippen LogP contribution in [0.25, 0.3) is 11.0 Å². The lowest BCUT2D eigenvalue weighted by molar-refractivity contribution is -0.140. The highest BCUT2D eigenvalue weighted by Gasteiger charge is 2.29. The van der Waals surface area contributed by atoms with Gasteiger partial charge in [0.05, 0.1) is 24.6 Å². The molecule has 2 aromatic rings. The number of methoxy groups -OCH3 is 1. The van der Waals surface area contributed by atoms with Crippen molar-refractivity contribution in [2.75, 3.05) is 20.2 Å². The molecule has 1 saturated heterocycles. The van der Waals surface area contributed by atoms with Gasteiger partial charge in [0.2, 0.25) is 5.91 Å². The molecule has 3 rings (SSSR count). The molecule has 0 saturated carbocycles. The number of benzene rings is 1. The quantitative estimate of drug-likeness (QED) is 0.876. The van der Waals surface area contributed by atoms with Gasteiger partial charge in [-0.25, -0.2) is 4.98 Å². The van der Waals surface area contributed by atoms with Gasteiger partial charge in [0.1, 0.15) is 11.6 Å². The summed E-state index contributed by atoms with van der Waals surface area (Å²) in [6.45, 7) is 1.22. The third-order valence-corrected chi connectivity index (χ3v) is 4.19. The van der Waals surface area contributed by atoms with Gasteiger partial charge in [-0.2, -0.15) is 0 Å². The van der Waals surface area contributed by atoms with Crippen LogP contribution in [-0.4, -0.2) is 52.1 Å². The van der Waals surface area contributed by atoms with Gasteiger partial charge in [0.25, 0.3) is 0 Å². The lowest BCUT2D eigenvalue weighted by Crippen LogP contribution is -2.28. The van der Waals surface area contributed by atoms with Crippen molar-refractivity contribution in [2.24, 2.45) is 0 Å². The average Bonchev–Trinajstić information content (AvgIpc) is 3.17. The Morgan fingerprint density at radius 3 is 3.00 bits per heavy atom. The van der Waals surface area contributed by atoms with Crippen LogP contribution >= 0.6 is 0 Å². The van der Waals surface area contributed by atoms with E-state index in [1.54, 1.807) is 12.0 Å². The summed E-state index contributed by atoms with van der Waals surface area (Å²) in [5, 5.41) is 8.66. The molecule has 1 aromatic carbocycles. The highest BCUT2D eigenvalue weighted by atomic mass is 16.5. The highest BCUT2D eigenvalue weighted by molar-refractivity contribution is 5.81. The Hall–Kier alpha value is -2.57. The van der Waals surface area contributed by atoms with E-state index in [2.05, 4.69) is 9.97 Å². The number of ether oxygens (including phenoxy) is 1. The third-order valence-electron chi connectivity index (χ3n) is 4.19. The van der Waals surface area contributed by atoms with E-state index in [4.69, 9.17) is 9.84 Å². The summed E-state index contributed by atoms with van der Waals surface area (Å²) in [4.78, 5) is 32.2. The van der Waals surface area contributed by atoms with Crippen LogP contribution in [0.5, 0.6) is 5.75 Å². The molecular formula is C16H19N3O4. The summed E-state index contributed by atoms with van der Waals surface area (Å²) < 4.78 is 5.20. The largest absolute Gasteiger partial charge is 0.497 e. The Morgan fingerprint density at radius 1 is 1.43 bits per heavy atom. The summed E-state index contributed by atoms with van der Waals surface area (Å²) in [7, 11) is 1.62. The number of aliphatic carboxylic acids is 1. The molecule has 7 nitrogen and oxygen atoms in total. The zero-order valence-corrected chi connectivity index (χ0v) is 12.9. The first-order chi connectivity index (χ1) is 11.1. The van der Waals surface area contributed by atoms with Crippen molar-refractivity contribution >= 4 is 22.9 Å². The molecule has 0 unspecified atom stereocenters. The second-order valence-corrected chi connectivity index (χ2v) is 5.72. The second kappa shape index (κ2) is 6.28. The first kappa shape index (κ1) is 15.3. The number of fused-ring (bicyclic) bond motifs is 1. The molecule has 0 radical (unpaired) electrons. The second-order valence-electron chi connectivity index (χ2n) is 5.72. The first-order valence-electron chi connectivity index (χ1n) is 7.60. The Balaban J connectivity index is 1.69. The number of carboxylic acid groups (broad SMARTS) is 1. The number of carboxylic acids is 1. The Kier molecular flexibility index (Phi) is 4.18. The summed E-state index contributed by atoms with van der Waals surface area (Å²) in [6.07, 6.45) is 0.763. The number of H-pyrrole nitrogens is 1. The lowest BCUT2D eigenvalue weighted by Gasteiger charge is -2.15. The summed E-state index contributed by atoms with van der Waals surface area (Å²) in [6, 6.07) is 5.67. The molecule has 23 heavy (non-hydrogen) atoms. The summed E-state index contributed by atoms with van der Waals surface area (Å²) >= 11 is 0. The number of hydrogen-bond donors (Lipinski definition) is 2. The van der Waals surface area contributed by atoms with Crippen molar-refractivity contribution in [2.45, 2.75) is 25.2 Å². The van der Waals surface area contributed by atoms with Crippen LogP contribution in [0.2, 0.25) is 0 Å². The van der Waals surface area contributed by atoms with Crippen LogP contribution in [0.3, 0.4) is 0 Å². The molecule has 1 aromatic heterocycles. The van der Waals surface area contributed by atoms with Gasteiger partial charge in [-0.15, -0.1) is 0 Å². The maximum Gasteiger partial charge on any atom is 0.303 e. The van der Waals surface area contributed by atoms with E-state index in [0.717, 1.165) is 29.0 Å². The number of likely N-dealkylation sites (tertiary alicyclic amines) is 1. The van der Waals surface area contributed by atoms with Gasteiger partial charge >= 0.3 is 5.97 Å². The van der Waals surface area contributed by atoms with E-state index in [1.165, 1.54) is 0 Å². The van der Waals surface area contributed by atoms with Crippen LogP contribution < -0.4 is 4.74 Å². The maximum atomic E-state index is 12.0. The van der Waals surface area contributed by atoms with Crippen molar-refractivity contribution in [3.05, 3.63) is 24.0 Å². The van der Waals surface area contributed by atoms with E-state index in [-0.39, 0.29) is 24.7 Å². The van der Waals surface area contributed by atoms with Crippen LogP contribution in [0.4, 0.5) is 0 Å². The fraction of sp³-hybridized carbons (Fsp3) is 0.438. The first-order valence-corrected chi connectivity index (χ1v) is 7.60. The minimum Gasteiger partial charge on any atom is -0.497 e. The van der Waals surface area contributed by atoms with Gasteiger partial charge in [0.15, 0.2) is 0 Å². The number of rotatable bonds is 5. The summed E-state index contributed by atoms with van der Waals surface area (Å²) in [5.41, 5.74) is 1.78. The molecular weight excluding hydrogens is 298 g/mol. The Bertz CT molecular complexity index is 740. The monoisotopic (exact) mass is 317 g/mol. The van der Waals surface area contributed by atoms with Crippen LogP contribution in [0.15, 0.2) is 18.2 Å². The van der Waals surface area contributed by atoms with Crippen LogP contribution in [-0.2, 0) is 9.59 Å². The van der Waals surface area contributed by atoms with Gasteiger partial charge < -0.3 is 19.7 Å². The van der Waals surface area contributed by atoms with Crippen molar-refractivity contribution in [3.8, 4) is 5.75 Å². The van der Waals surface area contributed by atoms with Crippen molar-refractivity contribution < 1.29 is 19.4 Å². The number of aromatic amines is 1. The molecule has 122 valence electrons. The zero-order chi connectivity index (χ0) is 16.4. The molecule has 1 amide bonds. The minimum absolute atomic E-state index is 0.0549. The summed E-state index contributed by atoms with van der Waals surface area (Å²) in [5.74, 6) is 0.738. The van der Waals surface area contributed by atoms with Crippen LogP contribution in [0, 0.1) is 0 Å². The molecule has 0 bridgehead atoms. The van der Waals surface area contributed by atoms with Crippen molar-refractivity contribution in [1.29, 1.82) is 0 Å². The Morgan fingerprint density at radius 2 is 2.26 bits per heavy atom. The zero-order valence-electron chi connectivity index (χ0n) is 12.9. The molecule has 0 spiro atoms. The molecule has 2 heterocycles. The number of imidazole rings is 1. The predicted octanol–water partition coefficient (Wildman–Crippen LogP) is 1.75. The van der Waals surface area contributed by atoms with E-state index < -0.39 is 5.97 Å². The van der Waals surface area contributed by atoms with Gasteiger partial charge in [0, 0.05) is 31.5 Å². The normalized spacial score (nSPS) is 17.6. The van der Waals surface area contributed by atoms with Gasteiger partial charge in [-0.05, 0) is 18.6 Å². The average molecular weight is 317 g/mol. The fourth-order valence-corrected chi connectivity index (χ4v) is 2.91. The molecule has 1 aliphatic heterocycles. The highest BCUT2D eigenvalue weighted by Crippen LogP contribution is 2.28. The molecule has 0 aliphatic carbocycles. The smallest absolute Gasteiger partial charge is 0.303 e. The number of carbonyl (C=O) groups excluding carboxylic acids is 1. The van der Waals surface area contributed by atoms with E-state index in [0.29, 0.717) is 13.1 Å².